The minimum Gasteiger partial charge on any atom is -0.244 e. The van der Waals surface area contributed by atoms with Crippen molar-refractivity contribution in [2.75, 3.05) is 20.1 Å². The van der Waals surface area contributed by atoms with Crippen LogP contribution in [0.15, 0.2) is 0 Å². The molecule has 2 N–H and O–H groups in total. The molecule has 1 aliphatic rings. The van der Waals surface area contributed by atoms with Gasteiger partial charge in [0.15, 0.2) is 0 Å². The van der Waals surface area contributed by atoms with Crippen LogP contribution in [0.25, 0.3) is 0 Å². The number of nitrogens with one attached hydrogen (secondary N) is 2. The lowest BCUT2D eigenvalue weighted by molar-refractivity contribution is 0.175. The van der Waals surface area contributed by atoms with Gasteiger partial charge in [-0.3, -0.25) is 0 Å². The number of hydrogen-bond donors (Lipinski definition) is 2. The summed E-state index contributed by atoms with van der Waals surface area (Å²) in [5.41, 5.74) is 6.18. The van der Waals surface area contributed by atoms with Crippen LogP contribution in [-0.4, -0.2) is 25.1 Å². The van der Waals surface area contributed by atoms with Gasteiger partial charge in [0.25, 0.3) is 0 Å². The summed E-state index contributed by atoms with van der Waals surface area (Å²) in [5, 5.41) is 2.08. The van der Waals surface area contributed by atoms with E-state index in [1.54, 1.807) is 0 Å². The maximum absolute atomic E-state index is 3.11. The summed E-state index contributed by atoms with van der Waals surface area (Å²) in [6.07, 6.45) is 3.95. The molecule has 0 spiro atoms. The summed E-state index contributed by atoms with van der Waals surface area (Å²) in [4.78, 5) is 0. The fourth-order valence-electron chi connectivity index (χ4n) is 0.986. The molecule has 0 aromatic rings. The minimum absolute atomic E-state index is 1.09. The average Bonchev–Trinajstić information content (AvgIpc) is 1.79. The van der Waals surface area contributed by atoms with Crippen LogP contribution in [0, 0.1) is 0 Å². The Labute approximate surface area is 56.4 Å². The quantitative estimate of drug-likeness (QED) is 0.486. The Morgan fingerprint density at radius 2 is 2.11 bits per heavy atom. The molecule has 0 amide bonds. The van der Waals surface area contributed by atoms with Gasteiger partial charge in [-0.1, -0.05) is 6.42 Å². The van der Waals surface area contributed by atoms with E-state index in [1.807, 2.05) is 0 Å². The van der Waals surface area contributed by atoms with Gasteiger partial charge < -0.3 is 0 Å². The summed E-state index contributed by atoms with van der Waals surface area (Å²) in [5.74, 6) is 0. The van der Waals surface area contributed by atoms with Crippen LogP contribution < -0.4 is 11.0 Å². The van der Waals surface area contributed by atoms with E-state index in [-0.39, 0.29) is 0 Å². The van der Waals surface area contributed by atoms with Crippen molar-refractivity contribution < 1.29 is 0 Å². The highest BCUT2D eigenvalue weighted by molar-refractivity contribution is 4.51. The molecule has 0 bridgehead atoms. The Morgan fingerprint density at radius 1 is 1.22 bits per heavy atom. The van der Waals surface area contributed by atoms with Crippen LogP contribution in [0.3, 0.4) is 0 Å². The number of rotatable bonds is 0. The lowest BCUT2D eigenvalue weighted by Gasteiger charge is -2.21. The lowest BCUT2D eigenvalue weighted by atomic mass is 10.2. The highest BCUT2D eigenvalue weighted by Crippen LogP contribution is 1.96. The largest absolute Gasteiger partial charge is 0.244 e. The van der Waals surface area contributed by atoms with E-state index in [0.29, 0.717) is 0 Å². The molecule has 0 radical (unpaired) electrons. The molecule has 3 nitrogen and oxygen atoms in total. The van der Waals surface area contributed by atoms with Crippen LogP contribution in [0.2, 0.25) is 0 Å². The van der Waals surface area contributed by atoms with Crippen molar-refractivity contribution in [3.05, 3.63) is 0 Å². The van der Waals surface area contributed by atoms with E-state index < -0.39 is 0 Å². The van der Waals surface area contributed by atoms with Gasteiger partial charge in [-0.25, -0.2) is 10.4 Å². The Morgan fingerprint density at radius 3 is 3.00 bits per heavy atom. The normalized spacial score (nSPS) is 25.0. The van der Waals surface area contributed by atoms with Crippen molar-refractivity contribution in [3.63, 3.8) is 0 Å². The molecule has 0 aromatic carbocycles. The Bertz CT molecular complexity index is 66.7. The third-order valence-corrected chi connectivity index (χ3v) is 1.57. The van der Waals surface area contributed by atoms with Crippen LogP contribution in [-0.2, 0) is 0 Å². The van der Waals surface area contributed by atoms with Gasteiger partial charge in [0.1, 0.15) is 0 Å². The monoisotopic (exact) mass is 129 g/mol. The smallest absolute Gasteiger partial charge is 0.0141 e. The fourth-order valence-corrected chi connectivity index (χ4v) is 0.986. The molecule has 0 saturated carbocycles. The van der Waals surface area contributed by atoms with E-state index in [2.05, 4.69) is 23.0 Å². The fraction of sp³-hybridized carbons (Fsp3) is 1.00. The first-order chi connectivity index (χ1) is 4.39. The van der Waals surface area contributed by atoms with Gasteiger partial charge >= 0.3 is 0 Å². The van der Waals surface area contributed by atoms with E-state index >= 15 is 0 Å². The molecule has 0 atom stereocenters. The molecule has 3 heteroatoms. The number of nitrogens with zero attached hydrogens (tertiary/aromatic N) is 1. The number of hydrazine groups is 2. The second kappa shape index (κ2) is 3.82. The van der Waals surface area contributed by atoms with Crippen molar-refractivity contribution in [2.24, 2.45) is 0 Å². The Balaban J connectivity index is 2.12. The molecular weight excluding hydrogens is 114 g/mol. The highest BCUT2D eigenvalue weighted by Gasteiger charge is 1.99. The number of hydrogen-bond acceptors (Lipinski definition) is 3. The topological polar surface area (TPSA) is 27.3 Å². The van der Waals surface area contributed by atoms with Crippen LogP contribution >= 0.6 is 0 Å². The van der Waals surface area contributed by atoms with Crippen molar-refractivity contribution in [3.8, 4) is 0 Å². The third-order valence-electron chi connectivity index (χ3n) is 1.57. The first-order valence-corrected chi connectivity index (χ1v) is 3.59. The minimum atomic E-state index is 1.09. The van der Waals surface area contributed by atoms with Crippen molar-refractivity contribution in [1.82, 2.24) is 16.0 Å². The molecule has 54 valence electrons. The molecule has 0 aromatic heterocycles. The second-order valence-electron chi connectivity index (χ2n) is 2.52. The van der Waals surface area contributed by atoms with Crippen molar-refractivity contribution in [2.45, 2.75) is 19.3 Å². The van der Waals surface area contributed by atoms with E-state index in [9.17, 15) is 0 Å². The summed E-state index contributed by atoms with van der Waals surface area (Å²) in [6.45, 7) is 2.23. The average molecular weight is 129 g/mol. The summed E-state index contributed by atoms with van der Waals surface area (Å²) < 4.78 is 0. The molecule has 1 aliphatic heterocycles. The first-order valence-electron chi connectivity index (χ1n) is 3.59. The molecule has 9 heavy (non-hydrogen) atoms. The first kappa shape index (κ1) is 6.99. The van der Waals surface area contributed by atoms with Crippen LogP contribution in [0.1, 0.15) is 19.3 Å². The van der Waals surface area contributed by atoms with Gasteiger partial charge in [0, 0.05) is 20.1 Å². The molecule has 1 saturated heterocycles. The lowest BCUT2D eigenvalue weighted by Crippen LogP contribution is -2.46. The SMILES string of the molecule is CN1CCCCCNN1. The van der Waals surface area contributed by atoms with Gasteiger partial charge in [0.05, 0.1) is 0 Å². The predicted octanol–water partition coefficient (Wildman–Crippen LogP) is 0.111. The molecule has 1 fully saturated rings. The maximum Gasteiger partial charge on any atom is 0.0141 e. The van der Waals surface area contributed by atoms with Crippen molar-refractivity contribution >= 4 is 0 Å². The molecule has 0 unspecified atom stereocenters. The van der Waals surface area contributed by atoms with E-state index in [0.717, 1.165) is 13.1 Å². The highest BCUT2D eigenvalue weighted by atomic mass is 15.7. The van der Waals surface area contributed by atoms with Gasteiger partial charge in [-0.2, -0.15) is 5.53 Å². The maximum atomic E-state index is 3.11. The molecule has 0 aliphatic carbocycles. The van der Waals surface area contributed by atoms with Crippen LogP contribution in [0.5, 0.6) is 0 Å². The zero-order chi connectivity index (χ0) is 6.53. The van der Waals surface area contributed by atoms with Gasteiger partial charge in [-0.05, 0) is 12.8 Å². The molecule has 1 rings (SSSR count). The van der Waals surface area contributed by atoms with E-state index in [4.69, 9.17) is 0 Å². The second-order valence-corrected chi connectivity index (χ2v) is 2.52. The molecular formula is C6H15N3. The third kappa shape index (κ3) is 2.79. The summed E-state index contributed by atoms with van der Waals surface area (Å²) >= 11 is 0. The summed E-state index contributed by atoms with van der Waals surface area (Å²) in [7, 11) is 2.05. The zero-order valence-electron chi connectivity index (χ0n) is 5.98. The standard InChI is InChI=1S/C6H15N3/c1-9-6-4-2-3-5-7-8-9/h7-8H,2-6H2,1H3. The van der Waals surface area contributed by atoms with Gasteiger partial charge in [-0.15, -0.1) is 0 Å². The Kier molecular flexibility index (Phi) is 2.97. The zero-order valence-corrected chi connectivity index (χ0v) is 5.98. The van der Waals surface area contributed by atoms with Crippen molar-refractivity contribution in [1.29, 1.82) is 0 Å². The van der Waals surface area contributed by atoms with Gasteiger partial charge in [0.2, 0.25) is 0 Å². The summed E-state index contributed by atoms with van der Waals surface area (Å²) in [6, 6.07) is 0. The van der Waals surface area contributed by atoms with E-state index in [1.165, 1.54) is 19.3 Å². The Hall–Kier alpha value is -0.120. The molecule has 1 heterocycles. The van der Waals surface area contributed by atoms with Crippen LogP contribution in [0.4, 0.5) is 0 Å². The predicted molar refractivity (Wildman–Crippen MR) is 37.6 cm³/mol.